The maximum Gasteiger partial charge on any atom is 0.232 e. The molecule has 2 aromatic heterocycles. The molecule has 0 bridgehead atoms. The maximum absolute atomic E-state index is 14.3. The lowest BCUT2D eigenvalue weighted by atomic mass is 10.0. The second kappa shape index (κ2) is 5.66. The van der Waals surface area contributed by atoms with Gasteiger partial charge in [-0.15, -0.1) is 0 Å². The number of aromatic nitrogens is 2. The van der Waals surface area contributed by atoms with Gasteiger partial charge < -0.3 is 4.57 Å². The number of benzene rings is 1. The number of hydrogen-bond acceptors (Lipinski definition) is 3. The van der Waals surface area contributed by atoms with Crippen LogP contribution in [0.1, 0.15) is 6.92 Å². The molecule has 0 spiro atoms. The van der Waals surface area contributed by atoms with Crippen LogP contribution in [0.25, 0.3) is 22.2 Å². The number of pyridine rings is 1. The number of hydrogen-bond donors (Lipinski definition) is 1. The summed E-state index contributed by atoms with van der Waals surface area (Å²) in [6.45, 7) is 1.50. The van der Waals surface area contributed by atoms with Gasteiger partial charge in [-0.1, -0.05) is 6.07 Å². The molecule has 0 aliphatic rings. The number of aryl methyl sites for hydroxylation is 1. The van der Waals surface area contributed by atoms with Gasteiger partial charge in [-0.3, -0.25) is 4.72 Å². The fourth-order valence-electron chi connectivity index (χ4n) is 2.42. The zero-order chi connectivity index (χ0) is 16.6. The molecule has 0 unspecified atom stereocenters. The number of anilines is 1. The van der Waals surface area contributed by atoms with E-state index in [4.69, 9.17) is 0 Å². The molecule has 0 fully saturated rings. The lowest BCUT2D eigenvalue weighted by Gasteiger charge is -2.09. The van der Waals surface area contributed by atoms with Crippen molar-refractivity contribution in [2.24, 2.45) is 7.05 Å². The van der Waals surface area contributed by atoms with Crippen LogP contribution >= 0.6 is 0 Å². The van der Waals surface area contributed by atoms with E-state index in [1.54, 1.807) is 12.3 Å². The van der Waals surface area contributed by atoms with Gasteiger partial charge in [0.05, 0.1) is 11.4 Å². The van der Waals surface area contributed by atoms with Crippen LogP contribution in [0.15, 0.2) is 42.7 Å². The first kappa shape index (κ1) is 15.5. The SMILES string of the molecule is CCS(=O)(=O)Nc1ccc(-c2ccnc3c2ccn3C)cc1F. The van der Waals surface area contributed by atoms with Gasteiger partial charge >= 0.3 is 0 Å². The van der Waals surface area contributed by atoms with Gasteiger partial charge in [0.1, 0.15) is 11.5 Å². The van der Waals surface area contributed by atoms with E-state index in [1.165, 1.54) is 19.1 Å². The van der Waals surface area contributed by atoms with E-state index in [0.717, 1.165) is 16.6 Å². The Morgan fingerprint density at radius 2 is 2.04 bits per heavy atom. The zero-order valence-electron chi connectivity index (χ0n) is 12.7. The van der Waals surface area contributed by atoms with E-state index in [0.29, 0.717) is 5.56 Å². The van der Waals surface area contributed by atoms with Crippen molar-refractivity contribution in [3.8, 4) is 11.1 Å². The Kier molecular flexibility index (Phi) is 3.81. The highest BCUT2D eigenvalue weighted by Gasteiger charge is 2.13. The molecule has 23 heavy (non-hydrogen) atoms. The van der Waals surface area contributed by atoms with E-state index in [1.807, 2.05) is 29.9 Å². The first-order valence-corrected chi connectivity index (χ1v) is 8.77. The number of sulfonamides is 1. The summed E-state index contributed by atoms with van der Waals surface area (Å²) in [5.41, 5.74) is 2.27. The lowest BCUT2D eigenvalue weighted by Crippen LogP contribution is -2.15. The molecular weight excluding hydrogens is 317 g/mol. The predicted molar refractivity (Wildman–Crippen MR) is 89.2 cm³/mol. The predicted octanol–water partition coefficient (Wildman–Crippen LogP) is 3.14. The number of nitrogens with zero attached hydrogens (tertiary/aromatic N) is 2. The van der Waals surface area contributed by atoms with Crippen molar-refractivity contribution in [3.63, 3.8) is 0 Å². The first-order valence-electron chi connectivity index (χ1n) is 7.12. The average Bonchev–Trinajstić information content (AvgIpc) is 2.91. The molecule has 0 aliphatic heterocycles. The van der Waals surface area contributed by atoms with Crippen molar-refractivity contribution >= 4 is 26.7 Å². The highest BCUT2D eigenvalue weighted by atomic mass is 32.2. The van der Waals surface area contributed by atoms with Crippen LogP contribution in [0, 0.1) is 5.82 Å². The molecule has 0 radical (unpaired) electrons. The van der Waals surface area contributed by atoms with Crippen molar-refractivity contribution in [2.45, 2.75) is 6.92 Å². The summed E-state index contributed by atoms with van der Waals surface area (Å²) in [5, 5.41) is 0.913. The summed E-state index contributed by atoms with van der Waals surface area (Å²) in [4.78, 5) is 4.30. The molecular formula is C16H16FN3O2S. The molecule has 0 saturated heterocycles. The summed E-state index contributed by atoms with van der Waals surface area (Å²) < 4.78 is 41.5. The molecule has 0 atom stereocenters. The van der Waals surface area contributed by atoms with Crippen LogP contribution in [-0.4, -0.2) is 23.7 Å². The normalized spacial score (nSPS) is 11.8. The zero-order valence-corrected chi connectivity index (χ0v) is 13.6. The Bertz CT molecular complexity index is 980. The van der Waals surface area contributed by atoms with E-state index in [2.05, 4.69) is 9.71 Å². The summed E-state index contributed by atoms with van der Waals surface area (Å²) in [6, 6.07) is 8.19. The van der Waals surface area contributed by atoms with Gasteiger partial charge in [0, 0.05) is 24.8 Å². The molecule has 1 aromatic carbocycles. The Balaban J connectivity index is 2.06. The second-order valence-corrected chi connectivity index (χ2v) is 7.23. The third kappa shape index (κ3) is 2.92. The Labute approximate surface area is 133 Å². The number of fused-ring (bicyclic) bond motifs is 1. The standard InChI is InChI=1S/C16H16FN3O2S/c1-3-23(21,22)19-15-5-4-11(10-14(15)17)12-6-8-18-16-13(12)7-9-20(16)2/h4-10,19H,3H2,1-2H3. The van der Waals surface area contributed by atoms with Crippen LogP contribution in [0.3, 0.4) is 0 Å². The fraction of sp³-hybridized carbons (Fsp3) is 0.188. The molecule has 0 saturated carbocycles. The molecule has 1 N–H and O–H groups in total. The largest absolute Gasteiger partial charge is 0.336 e. The number of halogens is 1. The molecule has 3 aromatic rings. The van der Waals surface area contributed by atoms with Crippen LogP contribution in [0.4, 0.5) is 10.1 Å². The third-order valence-corrected chi connectivity index (χ3v) is 4.98. The van der Waals surface area contributed by atoms with E-state index in [9.17, 15) is 12.8 Å². The average molecular weight is 333 g/mol. The second-order valence-electron chi connectivity index (χ2n) is 5.22. The van der Waals surface area contributed by atoms with E-state index < -0.39 is 15.8 Å². The minimum atomic E-state index is -3.51. The third-order valence-electron chi connectivity index (χ3n) is 3.69. The minimum absolute atomic E-state index is 0.0473. The minimum Gasteiger partial charge on any atom is -0.336 e. The van der Waals surface area contributed by atoms with Gasteiger partial charge in [-0.25, -0.2) is 17.8 Å². The van der Waals surface area contributed by atoms with Gasteiger partial charge in [0.15, 0.2) is 0 Å². The van der Waals surface area contributed by atoms with Gasteiger partial charge in [-0.05, 0) is 42.3 Å². The van der Waals surface area contributed by atoms with Crippen molar-refractivity contribution in [1.29, 1.82) is 0 Å². The Morgan fingerprint density at radius 3 is 2.74 bits per heavy atom. The van der Waals surface area contributed by atoms with E-state index >= 15 is 0 Å². The van der Waals surface area contributed by atoms with Gasteiger partial charge in [0.2, 0.25) is 10.0 Å². The van der Waals surface area contributed by atoms with Gasteiger partial charge in [-0.2, -0.15) is 0 Å². The van der Waals surface area contributed by atoms with Crippen molar-refractivity contribution in [3.05, 3.63) is 48.5 Å². The summed E-state index contributed by atoms with van der Waals surface area (Å²) >= 11 is 0. The monoisotopic (exact) mass is 333 g/mol. The van der Waals surface area contributed by atoms with Crippen LogP contribution in [-0.2, 0) is 17.1 Å². The maximum atomic E-state index is 14.3. The molecule has 5 nitrogen and oxygen atoms in total. The first-order chi connectivity index (χ1) is 10.9. The van der Waals surface area contributed by atoms with Crippen molar-refractivity contribution in [1.82, 2.24) is 9.55 Å². The number of nitrogens with one attached hydrogen (secondary N) is 1. The molecule has 120 valence electrons. The highest BCUT2D eigenvalue weighted by Crippen LogP contribution is 2.30. The van der Waals surface area contributed by atoms with Crippen LogP contribution in [0.5, 0.6) is 0 Å². The number of rotatable bonds is 4. The van der Waals surface area contributed by atoms with E-state index in [-0.39, 0.29) is 11.4 Å². The lowest BCUT2D eigenvalue weighted by molar-refractivity contribution is 0.599. The molecule has 0 aliphatic carbocycles. The molecule has 7 heteroatoms. The topological polar surface area (TPSA) is 64.0 Å². The van der Waals surface area contributed by atoms with Crippen LogP contribution in [0.2, 0.25) is 0 Å². The van der Waals surface area contributed by atoms with Crippen molar-refractivity contribution in [2.75, 3.05) is 10.5 Å². The molecule has 0 amide bonds. The van der Waals surface area contributed by atoms with Crippen LogP contribution < -0.4 is 4.72 Å². The quantitative estimate of drug-likeness (QED) is 0.798. The Morgan fingerprint density at radius 1 is 1.26 bits per heavy atom. The summed E-state index contributed by atoms with van der Waals surface area (Å²) in [7, 11) is -1.62. The Hall–Kier alpha value is -2.41. The molecule has 3 rings (SSSR count). The van der Waals surface area contributed by atoms with Gasteiger partial charge in [0.25, 0.3) is 0 Å². The summed E-state index contributed by atoms with van der Waals surface area (Å²) in [5.74, 6) is -0.719. The summed E-state index contributed by atoms with van der Waals surface area (Å²) in [6.07, 6.45) is 3.56. The van der Waals surface area contributed by atoms with Crippen molar-refractivity contribution < 1.29 is 12.8 Å². The fourth-order valence-corrected chi connectivity index (χ4v) is 3.07. The molecule has 2 heterocycles. The highest BCUT2D eigenvalue weighted by molar-refractivity contribution is 7.92. The smallest absolute Gasteiger partial charge is 0.232 e.